The van der Waals surface area contributed by atoms with Gasteiger partial charge in [-0.1, -0.05) is 0 Å². The first kappa shape index (κ1) is 20.4. The molecule has 1 aliphatic rings. The molecule has 1 aromatic carbocycles. The molecule has 31 heavy (non-hydrogen) atoms. The van der Waals surface area contributed by atoms with Crippen molar-refractivity contribution in [2.75, 3.05) is 17.6 Å². The van der Waals surface area contributed by atoms with Gasteiger partial charge in [0.1, 0.15) is 35.2 Å². The first-order valence-corrected chi connectivity index (χ1v) is 10.3. The molecule has 156 valence electrons. The van der Waals surface area contributed by atoms with Crippen molar-refractivity contribution in [2.45, 2.75) is 38.5 Å². The summed E-state index contributed by atoms with van der Waals surface area (Å²) in [5.41, 5.74) is 10.4. The van der Waals surface area contributed by atoms with Gasteiger partial charge in [-0.3, -0.25) is 0 Å². The molecule has 1 aliphatic carbocycles. The Labute approximate surface area is 179 Å². The zero-order chi connectivity index (χ0) is 21.8. The molecule has 0 saturated heterocycles. The Morgan fingerprint density at radius 2 is 1.90 bits per heavy atom. The van der Waals surface area contributed by atoms with Crippen LogP contribution in [0.1, 0.15) is 47.3 Å². The predicted octanol–water partition coefficient (Wildman–Crippen LogP) is 3.66. The fourth-order valence-electron chi connectivity index (χ4n) is 3.87. The second kappa shape index (κ2) is 8.85. The van der Waals surface area contributed by atoms with E-state index in [0.29, 0.717) is 47.7 Å². The molecule has 0 fully saturated rings. The summed E-state index contributed by atoms with van der Waals surface area (Å²) < 4.78 is 14.7. The van der Waals surface area contributed by atoms with Gasteiger partial charge in [0.05, 0.1) is 16.9 Å². The van der Waals surface area contributed by atoms with Gasteiger partial charge >= 0.3 is 0 Å². The average molecular weight is 415 g/mol. The topological polar surface area (TPSA) is 116 Å². The number of rotatable bonds is 6. The third kappa shape index (κ3) is 4.19. The molecular formula is C23H22FN7. The second-order valence-electron chi connectivity index (χ2n) is 7.55. The molecule has 0 bridgehead atoms. The number of nitriles is 2. The molecule has 0 atom stereocenters. The Morgan fingerprint density at radius 3 is 2.65 bits per heavy atom. The lowest BCUT2D eigenvalue weighted by Crippen LogP contribution is -2.12. The van der Waals surface area contributed by atoms with E-state index in [-0.39, 0.29) is 11.6 Å². The van der Waals surface area contributed by atoms with E-state index in [1.807, 2.05) is 6.07 Å². The largest absolute Gasteiger partial charge is 0.382 e. The van der Waals surface area contributed by atoms with Crippen LogP contribution in [0.2, 0.25) is 0 Å². The molecular weight excluding hydrogens is 393 g/mol. The summed E-state index contributed by atoms with van der Waals surface area (Å²) >= 11 is 0. The van der Waals surface area contributed by atoms with Crippen molar-refractivity contribution in [3.63, 3.8) is 0 Å². The zero-order valence-electron chi connectivity index (χ0n) is 17.0. The third-order valence-electron chi connectivity index (χ3n) is 5.48. The van der Waals surface area contributed by atoms with Crippen LogP contribution in [0.3, 0.4) is 0 Å². The minimum absolute atomic E-state index is 0.236. The molecule has 0 spiro atoms. The summed E-state index contributed by atoms with van der Waals surface area (Å²) in [6.45, 7) is 0.578. The van der Waals surface area contributed by atoms with Crippen LogP contribution in [0.5, 0.6) is 0 Å². The van der Waals surface area contributed by atoms with Crippen molar-refractivity contribution < 1.29 is 4.39 Å². The third-order valence-corrected chi connectivity index (χ3v) is 5.48. The Hall–Kier alpha value is -3.91. The monoisotopic (exact) mass is 415 g/mol. The molecule has 0 aliphatic heterocycles. The average Bonchev–Trinajstić information content (AvgIpc) is 3.11. The van der Waals surface area contributed by atoms with Crippen molar-refractivity contribution >= 4 is 11.6 Å². The molecule has 2 aromatic heterocycles. The number of nitrogen functional groups attached to an aromatic ring is 1. The summed E-state index contributed by atoms with van der Waals surface area (Å²) in [6, 6.07) is 12.1. The number of aryl methyl sites for hydroxylation is 3. The molecule has 2 heterocycles. The lowest BCUT2D eigenvalue weighted by Gasteiger charge is -2.17. The maximum Gasteiger partial charge on any atom is 0.145 e. The number of halogens is 1. The molecule has 4 rings (SSSR count). The van der Waals surface area contributed by atoms with Gasteiger partial charge in [0.25, 0.3) is 0 Å². The highest BCUT2D eigenvalue weighted by molar-refractivity contribution is 5.57. The molecule has 0 amide bonds. The molecule has 3 N–H and O–H groups in total. The van der Waals surface area contributed by atoms with Gasteiger partial charge in [-0.05, 0) is 74.4 Å². The number of benzene rings is 1. The summed E-state index contributed by atoms with van der Waals surface area (Å²) in [7, 11) is 0. The number of anilines is 2. The first-order valence-electron chi connectivity index (χ1n) is 10.3. The van der Waals surface area contributed by atoms with Crippen molar-refractivity contribution in [2.24, 2.45) is 0 Å². The predicted molar refractivity (Wildman–Crippen MR) is 115 cm³/mol. The summed E-state index contributed by atoms with van der Waals surface area (Å²) in [5, 5.41) is 26.7. The van der Waals surface area contributed by atoms with Crippen LogP contribution >= 0.6 is 0 Å². The van der Waals surface area contributed by atoms with Crippen LogP contribution in [-0.2, 0) is 19.3 Å². The molecule has 8 heteroatoms. The molecule has 7 nitrogen and oxygen atoms in total. The Morgan fingerprint density at radius 1 is 1.13 bits per heavy atom. The van der Waals surface area contributed by atoms with Gasteiger partial charge in [-0.2, -0.15) is 15.6 Å². The van der Waals surface area contributed by atoms with E-state index in [0.717, 1.165) is 31.4 Å². The van der Waals surface area contributed by atoms with Crippen molar-refractivity contribution in [3.05, 3.63) is 64.2 Å². The van der Waals surface area contributed by atoms with Crippen molar-refractivity contribution in [1.82, 2.24) is 14.8 Å². The van der Waals surface area contributed by atoms with Crippen LogP contribution in [0.4, 0.5) is 16.0 Å². The molecule has 0 saturated carbocycles. The van der Waals surface area contributed by atoms with E-state index in [1.54, 1.807) is 12.1 Å². The number of hydrogen-bond donors (Lipinski definition) is 2. The van der Waals surface area contributed by atoms with Crippen molar-refractivity contribution in [3.8, 4) is 17.8 Å². The molecule has 0 radical (unpaired) electrons. The van der Waals surface area contributed by atoms with E-state index >= 15 is 0 Å². The number of nitrogens with zero attached hydrogens (tertiary/aromatic N) is 5. The van der Waals surface area contributed by atoms with Crippen LogP contribution in [-0.4, -0.2) is 21.3 Å². The number of pyridine rings is 1. The normalized spacial score (nSPS) is 12.6. The lowest BCUT2D eigenvalue weighted by molar-refractivity contribution is 0.627. The first-order chi connectivity index (χ1) is 15.1. The number of aromatic nitrogens is 3. The van der Waals surface area contributed by atoms with Gasteiger partial charge in [0, 0.05) is 12.2 Å². The fraction of sp³-hybridized carbons (Fsp3) is 0.304. The van der Waals surface area contributed by atoms with Gasteiger partial charge in [0.2, 0.25) is 0 Å². The zero-order valence-corrected chi connectivity index (χ0v) is 17.0. The lowest BCUT2D eigenvalue weighted by atomic mass is 9.95. The van der Waals surface area contributed by atoms with Gasteiger partial charge in [0.15, 0.2) is 0 Å². The highest BCUT2D eigenvalue weighted by atomic mass is 19.1. The van der Waals surface area contributed by atoms with E-state index < -0.39 is 0 Å². The minimum Gasteiger partial charge on any atom is -0.382 e. The highest BCUT2D eigenvalue weighted by Gasteiger charge is 2.17. The van der Waals surface area contributed by atoms with Gasteiger partial charge < -0.3 is 11.1 Å². The second-order valence-corrected chi connectivity index (χ2v) is 7.55. The number of fused-ring (bicyclic) bond motifs is 1. The van der Waals surface area contributed by atoms with Crippen LogP contribution < -0.4 is 11.1 Å². The number of nitrogens with one attached hydrogen (secondary N) is 1. The summed E-state index contributed by atoms with van der Waals surface area (Å²) in [4.78, 5) is 4.67. The minimum atomic E-state index is -0.353. The van der Waals surface area contributed by atoms with E-state index in [4.69, 9.17) is 5.73 Å². The fourth-order valence-corrected chi connectivity index (χ4v) is 3.87. The number of nitrogens with two attached hydrogens (primary N) is 1. The van der Waals surface area contributed by atoms with E-state index in [2.05, 4.69) is 27.5 Å². The SMILES string of the molecule is N#Cc1cc2c(nc1NCCCc1nn(-c3ccc(F)cc3)c(N)c1C#N)CCCC2. The smallest absolute Gasteiger partial charge is 0.145 e. The van der Waals surface area contributed by atoms with Gasteiger partial charge in [-0.15, -0.1) is 0 Å². The van der Waals surface area contributed by atoms with Crippen LogP contribution in [0, 0.1) is 28.5 Å². The van der Waals surface area contributed by atoms with E-state index in [9.17, 15) is 14.9 Å². The summed E-state index contributed by atoms with van der Waals surface area (Å²) in [5.74, 6) is 0.494. The molecule has 3 aromatic rings. The number of hydrogen-bond acceptors (Lipinski definition) is 6. The Kier molecular flexibility index (Phi) is 5.81. The van der Waals surface area contributed by atoms with E-state index in [1.165, 1.54) is 22.4 Å². The maximum absolute atomic E-state index is 13.2. The summed E-state index contributed by atoms with van der Waals surface area (Å²) in [6.07, 6.45) is 5.40. The Bertz CT molecular complexity index is 1180. The standard InChI is InChI=1S/C23H22FN7/c24-17-7-9-18(10-8-17)31-22(27)19(14-26)21(30-31)6-3-11-28-23-16(13-25)12-15-4-1-2-5-20(15)29-23/h7-10,12H,1-6,11,27H2,(H,28,29). The highest BCUT2D eigenvalue weighted by Crippen LogP contribution is 2.25. The van der Waals surface area contributed by atoms with Gasteiger partial charge in [-0.25, -0.2) is 14.1 Å². The van der Waals surface area contributed by atoms with Crippen LogP contribution in [0.25, 0.3) is 5.69 Å². The van der Waals surface area contributed by atoms with Crippen LogP contribution in [0.15, 0.2) is 30.3 Å². The maximum atomic E-state index is 13.2. The molecule has 0 unspecified atom stereocenters. The Balaban J connectivity index is 1.45. The quantitative estimate of drug-likeness (QED) is 0.594. The van der Waals surface area contributed by atoms with Crippen molar-refractivity contribution in [1.29, 1.82) is 10.5 Å².